The van der Waals surface area contributed by atoms with Crippen molar-refractivity contribution < 1.29 is 4.74 Å². The van der Waals surface area contributed by atoms with Gasteiger partial charge in [-0.05, 0) is 42.7 Å². The number of hydrogen-bond donors (Lipinski definition) is 1. The lowest BCUT2D eigenvalue weighted by Gasteiger charge is -2.05. The number of H-pyrrole nitrogens is 1. The molecule has 0 saturated carbocycles. The lowest BCUT2D eigenvalue weighted by Crippen LogP contribution is -2.10. The van der Waals surface area contributed by atoms with Crippen LogP contribution in [0.4, 0.5) is 0 Å². The maximum absolute atomic E-state index is 12.7. The number of thioether (sulfide) groups is 1. The predicted molar refractivity (Wildman–Crippen MR) is 103 cm³/mol. The van der Waals surface area contributed by atoms with E-state index in [9.17, 15) is 4.79 Å². The van der Waals surface area contributed by atoms with Crippen molar-refractivity contribution in [3.63, 3.8) is 0 Å². The Kier molecular flexibility index (Phi) is 4.22. The molecule has 0 aliphatic rings. The van der Waals surface area contributed by atoms with Gasteiger partial charge < -0.3 is 9.72 Å². The van der Waals surface area contributed by atoms with Gasteiger partial charge in [0, 0.05) is 5.56 Å². The van der Waals surface area contributed by atoms with E-state index in [4.69, 9.17) is 9.72 Å². The standard InChI is InChI=1S/C19H16N4O2S/c1-25-14-10-8-12(9-11-14)16-20-17-15(18(24)21-16)19(26-2)22-23(17)13-6-4-3-5-7-13/h3-11H,1-2H3,(H,20,21,24). The van der Waals surface area contributed by atoms with Crippen LogP contribution < -0.4 is 10.3 Å². The molecule has 7 heteroatoms. The van der Waals surface area contributed by atoms with Crippen LogP contribution in [0, 0.1) is 0 Å². The van der Waals surface area contributed by atoms with Crippen molar-refractivity contribution in [3.8, 4) is 22.8 Å². The minimum Gasteiger partial charge on any atom is -0.497 e. The van der Waals surface area contributed by atoms with E-state index in [1.165, 1.54) is 11.8 Å². The number of para-hydroxylation sites is 1. The number of methoxy groups -OCH3 is 1. The third kappa shape index (κ3) is 2.76. The molecular weight excluding hydrogens is 348 g/mol. The zero-order valence-electron chi connectivity index (χ0n) is 14.3. The van der Waals surface area contributed by atoms with Gasteiger partial charge in [-0.15, -0.1) is 11.8 Å². The highest BCUT2D eigenvalue weighted by Crippen LogP contribution is 2.26. The largest absolute Gasteiger partial charge is 0.497 e. The van der Waals surface area contributed by atoms with Crippen molar-refractivity contribution in [1.82, 2.24) is 19.7 Å². The minimum atomic E-state index is -0.202. The van der Waals surface area contributed by atoms with Gasteiger partial charge in [-0.2, -0.15) is 5.10 Å². The second-order valence-electron chi connectivity index (χ2n) is 5.60. The zero-order valence-corrected chi connectivity index (χ0v) is 15.1. The molecule has 26 heavy (non-hydrogen) atoms. The number of benzene rings is 2. The van der Waals surface area contributed by atoms with Crippen molar-refractivity contribution in [3.05, 3.63) is 65.0 Å². The van der Waals surface area contributed by atoms with E-state index >= 15 is 0 Å². The van der Waals surface area contributed by atoms with Crippen molar-refractivity contribution in [2.75, 3.05) is 13.4 Å². The fourth-order valence-electron chi connectivity index (χ4n) is 2.77. The highest BCUT2D eigenvalue weighted by Gasteiger charge is 2.18. The number of nitrogens with one attached hydrogen (secondary N) is 1. The first-order valence-corrected chi connectivity index (χ1v) is 9.20. The summed E-state index contributed by atoms with van der Waals surface area (Å²) < 4.78 is 6.90. The smallest absolute Gasteiger partial charge is 0.263 e. The second kappa shape index (κ2) is 6.68. The molecule has 130 valence electrons. The van der Waals surface area contributed by atoms with E-state index in [-0.39, 0.29) is 5.56 Å². The van der Waals surface area contributed by atoms with Crippen molar-refractivity contribution in [2.24, 2.45) is 0 Å². The fourth-order valence-corrected chi connectivity index (χ4v) is 3.32. The van der Waals surface area contributed by atoms with Crippen LogP contribution in [-0.4, -0.2) is 33.1 Å². The van der Waals surface area contributed by atoms with Crippen LogP contribution in [0.3, 0.4) is 0 Å². The van der Waals surface area contributed by atoms with Crippen LogP contribution in [0.15, 0.2) is 64.4 Å². The molecule has 0 spiro atoms. The van der Waals surface area contributed by atoms with E-state index in [1.807, 2.05) is 60.9 Å². The fraction of sp³-hybridized carbons (Fsp3) is 0.105. The minimum absolute atomic E-state index is 0.202. The number of rotatable bonds is 4. The van der Waals surface area contributed by atoms with Gasteiger partial charge in [-0.25, -0.2) is 9.67 Å². The quantitative estimate of drug-likeness (QED) is 0.561. The molecule has 0 atom stereocenters. The highest BCUT2D eigenvalue weighted by atomic mass is 32.2. The molecule has 0 unspecified atom stereocenters. The van der Waals surface area contributed by atoms with Gasteiger partial charge in [-0.3, -0.25) is 4.79 Å². The Balaban J connectivity index is 1.96. The predicted octanol–water partition coefficient (Wildman–Crippen LogP) is 3.51. The summed E-state index contributed by atoms with van der Waals surface area (Å²) in [5.74, 6) is 1.24. The van der Waals surface area contributed by atoms with Crippen LogP contribution in [0.25, 0.3) is 28.1 Å². The first kappa shape index (κ1) is 16.4. The van der Waals surface area contributed by atoms with Gasteiger partial charge in [0.05, 0.1) is 12.8 Å². The molecule has 6 nitrogen and oxygen atoms in total. The molecule has 0 bridgehead atoms. The van der Waals surface area contributed by atoms with Crippen LogP contribution in [-0.2, 0) is 0 Å². The Labute approximate surface area is 153 Å². The molecule has 2 aromatic heterocycles. The first-order valence-electron chi connectivity index (χ1n) is 7.98. The van der Waals surface area contributed by atoms with Crippen LogP contribution >= 0.6 is 11.8 Å². The van der Waals surface area contributed by atoms with Crippen molar-refractivity contribution in [2.45, 2.75) is 5.03 Å². The number of aromatic nitrogens is 4. The Hall–Kier alpha value is -3.06. The summed E-state index contributed by atoms with van der Waals surface area (Å²) in [6, 6.07) is 17.1. The summed E-state index contributed by atoms with van der Waals surface area (Å²) in [4.78, 5) is 20.3. The maximum atomic E-state index is 12.7. The average Bonchev–Trinajstić information content (AvgIpc) is 3.08. The average molecular weight is 364 g/mol. The summed E-state index contributed by atoms with van der Waals surface area (Å²) in [6.07, 6.45) is 1.90. The molecule has 4 rings (SSSR count). The Morgan fingerprint density at radius 1 is 1.08 bits per heavy atom. The Morgan fingerprint density at radius 3 is 2.46 bits per heavy atom. The number of fused-ring (bicyclic) bond motifs is 1. The number of nitrogens with zero attached hydrogens (tertiary/aromatic N) is 3. The second-order valence-corrected chi connectivity index (χ2v) is 6.39. The number of ether oxygens (including phenoxy) is 1. The maximum Gasteiger partial charge on any atom is 0.263 e. The molecule has 2 heterocycles. The molecule has 0 radical (unpaired) electrons. The normalized spacial score (nSPS) is 11.0. The monoisotopic (exact) mass is 364 g/mol. The summed E-state index contributed by atoms with van der Waals surface area (Å²) >= 11 is 1.43. The number of aromatic amines is 1. The van der Waals surface area contributed by atoms with Crippen LogP contribution in [0.5, 0.6) is 5.75 Å². The molecule has 0 aliphatic heterocycles. The topological polar surface area (TPSA) is 72.8 Å². The van der Waals surface area contributed by atoms with Gasteiger partial charge in [-0.1, -0.05) is 18.2 Å². The zero-order chi connectivity index (χ0) is 18.1. The van der Waals surface area contributed by atoms with Crippen LogP contribution in [0.1, 0.15) is 0 Å². The van der Waals surface area contributed by atoms with Crippen LogP contribution in [0.2, 0.25) is 0 Å². The summed E-state index contributed by atoms with van der Waals surface area (Å²) in [7, 11) is 1.61. The molecule has 2 aromatic carbocycles. The lowest BCUT2D eigenvalue weighted by molar-refractivity contribution is 0.415. The SMILES string of the molecule is COc1ccc(-c2nc3c(c(SC)nn3-c3ccccc3)c(=O)[nH]2)cc1. The molecule has 0 aliphatic carbocycles. The molecule has 0 fully saturated rings. The first-order chi connectivity index (χ1) is 12.7. The third-order valence-electron chi connectivity index (χ3n) is 4.06. The Morgan fingerprint density at radius 2 is 1.81 bits per heavy atom. The number of hydrogen-bond acceptors (Lipinski definition) is 5. The van der Waals surface area contributed by atoms with Gasteiger partial charge in [0.1, 0.15) is 22.0 Å². The van der Waals surface area contributed by atoms with E-state index in [0.29, 0.717) is 21.9 Å². The molecule has 1 N–H and O–H groups in total. The molecule has 4 aromatic rings. The van der Waals surface area contributed by atoms with Gasteiger partial charge in [0.2, 0.25) is 0 Å². The van der Waals surface area contributed by atoms with E-state index in [1.54, 1.807) is 11.8 Å². The molecule has 0 amide bonds. The lowest BCUT2D eigenvalue weighted by atomic mass is 10.2. The van der Waals surface area contributed by atoms with Gasteiger partial charge in [0.25, 0.3) is 5.56 Å². The summed E-state index contributed by atoms with van der Waals surface area (Å²) in [5, 5.41) is 5.73. The Bertz CT molecular complexity index is 1120. The van der Waals surface area contributed by atoms with E-state index in [0.717, 1.165) is 17.0 Å². The van der Waals surface area contributed by atoms with E-state index in [2.05, 4.69) is 10.1 Å². The summed E-state index contributed by atoms with van der Waals surface area (Å²) in [5.41, 5.74) is 2.00. The molecule has 0 saturated heterocycles. The van der Waals surface area contributed by atoms with Crippen molar-refractivity contribution in [1.29, 1.82) is 0 Å². The third-order valence-corrected chi connectivity index (χ3v) is 4.74. The molecular formula is C19H16N4O2S. The van der Waals surface area contributed by atoms with E-state index < -0.39 is 0 Å². The summed E-state index contributed by atoms with van der Waals surface area (Å²) in [6.45, 7) is 0. The highest BCUT2D eigenvalue weighted by molar-refractivity contribution is 7.98. The van der Waals surface area contributed by atoms with Gasteiger partial charge in [0.15, 0.2) is 5.65 Å². The van der Waals surface area contributed by atoms with Gasteiger partial charge >= 0.3 is 0 Å². The van der Waals surface area contributed by atoms with Crippen molar-refractivity contribution >= 4 is 22.8 Å².